The first-order valence-electron chi connectivity index (χ1n) is 13.5. The SMILES string of the molecule is O=C(NCCCN1CCN(c2ccccc2F)CC1)c1cc(=O)[nH]c2ccc(S(=O)(=O)N3CCCCC3)cc12. The van der Waals surface area contributed by atoms with E-state index in [0.29, 0.717) is 42.6 Å². The largest absolute Gasteiger partial charge is 0.367 e. The minimum atomic E-state index is -3.68. The zero-order valence-electron chi connectivity index (χ0n) is 21.9. The van der Waals surface area contributed by atoms with E-state index in [0.717, 1.165) is 52.0 Å². The molecule has 1 aromatic heterocycles. The monoisotopic (exact) mass is 555 g/mol. The number of piperazine rings is 1. The molecule has 2 N–H and O–H groups in total. The van der Waals surface area contributed by atoms with Crippen LogP contribution < -0.4 is 15.8 Å². The minimum absolute atomic E-state index is 0.118. The number of amides is 1. The summed E-state index contributed by atoms with van der Waals surface area (Å²) in [5.74, 6) is -0.625. The summed E-state index contributed by atoms with van der Waals surface area (Å²) in [6.45, 7) is 5.22. The summed E-state index contributed by atoms with van der Waals surface area (Å²) in [7, 11) is -3.68. The molecule has 9 nitrogen and oxygen atoms in total. The van der Waals surface area contributed by atoms with Gasteiger partial charge < -0.3 is 15.2 Å². The van der Waals surface area contributed by atoms with Gasteiger partial charge in [-0.2, -0.15) is 4.31 Å². The fourth-order valence-electron chi connectivity index (χ4n) is 5.36. The smallest absolute Gasteiger partial charge is 0.252 e. The Bertz CT molecular complexity index is 1500. The maximum absolute atomic E-state index is 14.1. The van der Waals surface area contributed by atoms with Crippen molar-refractivity contribution in [2.45, 2.75) is 30.6 Å². The molecule has 11 heteroatoms. The van der Waals surface area contributed by atoms with Crippen molar-refractivity contribution in [3.8, 4) is 0 Å². The average molecular weight is 556 g/mol. The quantitative estimate of drug-likeness (QED) is 0.414. The van der Waals surface area contributed by atoms with Gasteiger partial charge in [0.1, 0.15) is 5.82 Å². The van der Waals surface area contributed by atoms with Crippen molar-refractivity contribution in [3.63, 3.8) is 0 Å². The van der Waals surface area contributed by atoms with Crippen molar-refractivity contribution >= 4 is 32.5 Å². The predicted octanol–water partition coefficient (Wildman–Crippen LogP) is 2.78. The van der Waals surface area contributed by atoms with E-state index >= 15 is 0 Å². The standard InChI is InChI=1S/C28H34FN5O4S/c29-24-7-2-3-8-26(24)33-17-15-32(16-18-33)12-6-11-30-28(36)23-20-27(35)31-25-10-9-21(19-22(23)25)39(37,38)34-13-4-1-5-14-34/h2-3,7-10,19-20H,1,4-6,11-18H2,(H,30,36)(H,31,35). The molecule has 2 aromatic carbocycles. The predicted molar refractivity (Wildman–Crippen MR) is 149 cm³/mol. The van der Waals surface area contributed by atoms with Gasteiger partial charge >= 0.3 is 0 Å². The van der Waals surface area contributed by atoms with Gasteiger partial charge in [0.2, 0.25) is 15.6 Å². The van der Waals surface area contributed by atoms with Crippen molar-refractivity contribution in [3.05, 3.63) is 70.3 Å². The molecule has 2 saturated heterocycles. The van der Waals surface area contributed by atoms with Crippen molar-refractivity contribution in [2.24, 2.45) is 0 Å². The maximum atomic E-state index is 14.1. The lowest BCUT2D eigenvalue weighted by atomic mass is 10.1. The lowest BCUT2D eigenvalue weighted by Gasteiger charge is -2.36. The number of benzene rings is 2. The molecule has 0 radical (unpaired) electrons. The Labute approximate surface area is 227 Å². The van der Waals surface area contributed by atoms with E-state index in [9.17, 15) is 22.4 Å². The summed E-state index contributed by atoms with van der Waals surface area (Å²) in [5.41, 5.74) is 0.772. The number of anilines is 1. The molecule has 3 heterocycles. The molecule has 2 fully saturated rings. The molecular weight excluding hydrogens is 521 g/mol. The van der Waals surface area contributed by atoms with E-state index in [-0.39, 0.29) is 16.3 Å². The Morgan fingerprint density at radius 1 is 0.949 bits per heavy atom. The number of fused-ring (bicyclic) bond motifs is 1. The normalized spacial score (nSPS) is 17.4. The molecule has 1 amide bonds. The lowest BCUT2D eigenvalue weighted by Crippen LogP contribution is -2.47. The molecule has 39 heavy (non-hydrogen) atoms. The second kappa shape index (κ2) is 11.8. The second-order valence-electron chi connectivity index (χ2n) is 10.1. The zero-order valence-corrected chi connectivity index (χ0v) is 22.7. The van der Waals surface area contributed by atoms with Gasteiger partial charge in [0.05, 0.1) is 16.1 Å². The van der Waals surface area contributed by atoms with E-state index in [1.54, 1.807) is 18.2 Å². The molecular formula is C28H34FN5O4S. The van der Waals surface area contributed by atoms with Gasteiger partial charge in [-0.25, -0.2) is 12.8 Å². The van der Waals surface area contributed by atoms with Gasteiger partial charge in [0, 0.05) is 62.8 Å². The van der Waals surface area contributed by atoms with Gasteiger partial charge in [-0.3, -0.25) is 14.5 Å². The van der Waals surface area contributed by atoms with Crippen LogP contribution >= 0.6 is 0 Å². The molecule has 0 bridgehead atoms. The van der Waals surface area contributed by atoms with Crippen molar-refractivity contribution in [2.75, 3.05) is 57.3 Å². The van der Waals surface area contributed by atoms with Crippen LogP contribution in [0.1, 0.15) is 36.0 Å². The van der Waals surface area contributed by atoms with Gasteiger partial charge in [-0.05, 0) is 56.1 Å². The summed E-state index contributed by atoms with van der Waals surface area (Å²) in [6.07, 6.45) is 3.38. The highest BCUT2D eigenvalue weighted by Crippen LogP contribution is 2.25. The van der Waals surface area contributed by atoms with E-state index in [4.69, 9.17) is 0 Å². The number of carbonyl (C=O) groups excluding carboxylic acids is 1. The number of rotatable bonds is 8. The highest BCUT2D eigenvalue weighted by molar-refractivity contribution is 7.89. The minimum Gasteiger partial charge on any atom is -0.367 e. The van der Waals surface area contributed by atoms with Gasteiger partial charge in [0.25, 0.3) is 5.91 Å². The second-order valence-corrected chi connectivity index (χ2v) is 12.0. The van der Waals surface area contributed by atoms with E-state index in [2.05, 4.69) is 15.2 Å². The number of piperidine rings is 1. The van der Waals surface area contributed by atoms with Crippen LogP contribution in [0.25, 0.3) is 10.9 Å². The van der Waals surface area contributed by atoms with Crippen LogP contribution in [-0.4, -0.2) is 80.9 Å². The average Bonchev–Trinajstić information content (AvgIpc) is 2.95. The van der Waals surface area contributed by atoms with Crippen LogP contribution in [0, 0.1) is 5.82 Å². The Morgan fingerprint density at radius 3 is 2.44 bits per heavy atom. The number of H-pyrrole nitrogens is 1. The number of hydrogen-bond acceptors (Lipinski definition) is 6. The topological polar surface area (TPSA) is 106 Å². The lowest BCUT2D eigenvalue weighted by molar-refractivity contribution is 0.0953. The fourth-order valence-corrected chi connectivity index (χ4v) is 6.90. The Balaban J connectivity index is 1.19. The third-order valence-corrected chi connectivity index (χ3v) is 9.41. The number of para-hydroxylation sites is 1. The molecule has 208 valence electrons. The number of aromatic nitrogens is 1. The van der Waals surface area contributed by atoms with Crippen molar-refractivity contribution in [1.29, 1.82) is 0 Å². The number of pyridine rings is 1. The first-order valence-corrected chi connectivity index (χ1v) is 14.9. The first kappa shape index (κ1) is 27.3. The Morgan fingerprint density at radius 2 is 1.69 bits per heavy atom. The van der Waals surface area contributed by atoms with Crippen LogP contribution in [0.4, 0.5) is 10.1 Å². The third kappa shape index (κ3) is 6.15. The summed E-state index contributed by atoms with van der Waals surface area (Å²) >= 11 is 0. The number of carbonyl (C=O) groups is 1. The molecule has 0 saturated carbocycles. The molecule has 0 atom stereocenters. The van der Waals surface area contributed by atoms with Crippen LogP contribution in [0.3, 0.4) is 0 Å². The van der Waals surface area contributed by atoms with Crippen LogP contribution in [-0.2, 0) is 10.0 Å². The third-order valence-electron chi connectivity index (χ3n) is 7.51. The van der Waals surface area contributed by atoms with Gasteiger partial charge in [0.15, 0.2) is 0 Å². The number of nitrogens with one attached hydrogen (secondary N) is 2. The summed E-state index contributed by atoms with van der Waals surface area (Å²) in [5, 5.41) is 3.28. The summed E-state index contributed by atoms with van der Waals surface area (Å²) < 4.78 is 41.9. The fraction of sp³-hybridized carbons (Fsp3) is 0.429. The maximum Gasteiger partial charge on any atom is 0.252 e. The number of halogens is 1. The van der Waals surface area contributed by atoms with E-state index in [1.807, 2.05) is 11.0 Å². The summed E-state index contributed by atoms with van der Waals surface area (Å²) in [4.78, 5) is 32.4. The zero-order chi connectivity index (χ0) is 27.4. The molecule has 0 spiro atoms. The summed E-state index contributed by atoms with van der Waals surface area (Å²) in [6, 6.07) is 12.5. The van der Waals surface area contributed by atoms with Gasteiger partial charge in [-0.1, -0.05) is 18.6 Å². The highest BCUT2D eigenvalue weighted by Gasteiger charge is 2.27. The Kier molecular flexibility index (Phi) is 8.29. The van der Waals surface area contributed by atoms with E-state index in [1.165, 1.54) is 28.6 Å². The molecule has 0 aliphatic carbocycles. The number of nitrogens with zero attached hydrogens (tertiary/aromatic N) is 3. The number of aromatic amines is 1. The van der Waals surface area contributed by atoms with Crippen LogP contribution in [0.2, 0.25) is 0 Å². The molecule has 2 aliphatic heterocycles. The molecule has 2 aliphatic rings. The first-order chi connectivity index (χ1) is 18.8. The van der Waals surface area contributed by atoms with Crippen LogP contribution in [0.15, 0.2) is 58.2 Å². The van der Waals surface area contributed by atoms with Gasteiger partial charge in [-0.15, -0.1) is 0 Å². The van der Waals surface area contributed by atoms with Crippen molar-refractivity contribution in [1.82, 2.24) is 19.5 Å². The highest BCUT2D eigenvalue weighted by atomic mass is 32.2. The van der Waals surface area contributed by atoms with E-state index < -0.39 is 21.5 Å². The molecule has 3 aromatic rings. The van der Waals surface area contributed by atoms with Crippen molar-refractivity contribution < 1.29 is 17.6 Å². The van der Waals surface area contributed by atoms with Crippen LogP contribution in [0.5, 0.6) is 0 Å². The number of hydrogen-bond donors (Lipinski definition) is 2. The Hall–Kier alpha value is -3.28. The molecule has 5 rings (SSSR count). The number of sulfonamides is 1. The molecule has 0 unspecified atom stereocenters.